The Labute approximate surface area is 184 Å². The van der Waals surface area contributed by atoms with Gasteiger partial charge in [-0.15, -0.1) is 0 Å². The van der Waals surface area contributed by atoms with Crippen LogP contribution >= 0.6 is 0 Å². The topological polar surface area (TPSA) is 78.7 Å². The highest BCUT2D eigenvalue weighted by atomic mass is 16.2. The van der Waals surface area contributed by atoms with Gasteiger partial charge in [-0.2, -0.15) is 0 Å². The normalized spacial score (nSPS) is 19.1. The van der Waals surface area contributed by atoms with Gasteiger partial charge in [0.15, 0.2) is 0 Å². The third-order valence-corrected chi connectivity index (χ3v) is 6.53. The number of piperazine rings is 1. The first-order valence-electron chi connectivity index (χ1n) is 11.2. The SMILES string of the molecule is Cc1cccc(C)c1NC(=O)CN1CCN(C(=O)c2ccc3c(c2)C(N)CCC3)CC1. The smallest absolute Gasteiger partial charge is 0.253 e. The first-order valence-corrected chi connectivity index (χ1v) is 11.2. The molecule has 2 aromatic carbocycles. The molecule has 2 amide bonds. The fraction of sp³-hybridized carbons (Fsp3) is 0.440. The number of hydrogen-bond donors (Lipinski definition) is 2. The molecule has 1 saturated heterocycles. The van der Waals surface area contributed by atoms with E-state index in [0.29, 0.717) is 32.7 Å². The highest BCUT2D eigenvalue weighted by Gasteiger charge is 2.25. The van der Waals surface area contributed by atoms with Crippen LogP contribution in [0, 0.1) is 13.8 Å². The van der Waals surface area contributed by atoms with Crippen LogP contribution in [0.3, 0.4) is 0 Å². The summed E-state index contributed by atoms with van der Waals surface area (Å²) in [6, 6.07) is 12.0. The lowest BCUT2D eigenvalue weighted by Gasteiger charge is -2.34. The van der Waals surface area contributed by atoms with Crippen LogP contribution in [0.15, 0.2) is 36.4 Å². The van der Waals surface area contributed by atoms with Crippen molar-refractivity contribution in [3.05, 3.63) is 64.2 Å². The number of para-hydroxylation sites is 1. The Morgan fingerprint density at radius 3 is 2.48 bits per heavy atom. The molecule has 1 unspecified atom stereocenters. The summed E-state index contributed by atoms with van der Waals surface area (Å²) in [7, 11) is 0. The van der Waals surface area contributed by atoms with E-state index in [4.69, 9.17) is 5.73 Å². The van der Waals surface area contributed by atoms with Gasteiger partial charge in [0.2, 0.25) is 5.91 Å². The average molecular weight is 421 g/mol. The van der Waals surface area contributed by atoms with Crippen LogP contribution in [0.4, 0.5) is 5.69 Å². The summed E-state index contributed by atoms with van der Waals surface area (Å²) in [5, 5.41) is 3.05. The van der Waals surface area contributed by atoms with Crippen molar-refractivity contribution in [1.82, 2.24) is 9.80 Å². The average Bonchev–Trinajstić information content (AvgIpc) is 2.76. The molecule has 31 heavy (non-hydrogen) atoms. The monoisotopic (exact) mass is 420 g/mol. The Hall–Kier alpha value is -2.70. The molecule has 0 spiro atoms. The number of fused-ring (bicyclic) bond motifs is 1. The maximum Gasteiger partial charge on any atom is 0.253 e. The summed E-state index contributed by atoms with van der Waals surface area (Å²) in [5.41, 5.74) is 12.4. The number of anilines is 1. The number of hydrogen-bond acceptors (Lipinski definition) is 4. The van der Waals surface area contributed by atoms with E-state index in [0.717, 1.165) is 47.2 Å². The minimum absolute atomic E-state index is 0.0131. The minimum Gasteiger partial charge on any atom is -0.336 e. The number of carbonyl (C=O) groups is 2. The molecule has 0 aromatic heterocycles. The molecule has 164 valence electrons. The van der Waals surface area contributed by atoms with Crippen LogP contribution in [-0.4, -0.2) is 54.3 Å². The molecule has 2 aliphatic rings. The van der Waals surface area contributed by atoms with E-state index in [1.807, 2.05) is 49.1 Å². The first kappa shape index (κ1) is 21.5. The van der Waals surface area contributed by atoms with Gasteiger partial charge in [-0.3, -0.25) is 14.5 Å². The van der Waals surface area contributed by atoms with Gasteiger partial charge in [0.1, 0.15) is 0 Å². The van der Waals surface area contributed by atoms with E-state index in [-0.39, 0.29) is 17.9 Å². The molecule has 1 atom stereocenters. The van der Waals surface area contributed by atoms with Crippen molar-refractivity contribution in [1.29, 1.82) is 0 Å². The third-order valence-electron chi connectivity index (χ3n) is 6.53. The zero-order valence-electron chi connectivity index (χ0n) is 18.5. The molecule has 1 fully saturated rings. The number of nitrogens with one attached hydrogen (secondary N) is 1. The van der Waals surface area contributed by atoms with Crippen molar-refractivity contribution in [3.8, 4) is 0 Å². The predicted molar refractivity (Wildman–Crippen MR) is 123 cm³/mol. The fourth-order valence-corrected chi connectivity index (χ4v) is 4.65. The molecule has 6 heteroatoms. The van der Waals surface area contributed by atoms with Crippen molar-refractivity contribution in [2.75, 3.05) is 38.0 Å². The highest BCUT2D eigenvalue weighted by Crippen LogP contribution is 2.29. The number of nitrogens with two attached hydrogens (primary N) is 1. The number of aryl methyl sites for hydroxylation is 3. The number of amides is 2. The van der Waals surface area contributed by atoms with Gasteiger partial charge in [-0.1, -0.05) is 24.3 Å². The molecule has 2 aromatic rings. The van der Waals surface area contributed by atoms with Gasteiger partial charge in [0.05, 0.1) is 6.54 Å². The van der Waals surface area contributed by atoms with Gasteiger partial charge < -0.3 is 16.0 Å². The number of carbonyl (C=O) groups excluding carboxylic acids is 2. The molecule has 4 rings (SSSR count). The van der Waals surface area contributed by atoms with Crippen molar-refractivity contribution in [3.63, 3.8) is 0 Å². The van der Waals surface area contributed by atoms with Gasteiger partial charge in [0, 0.05) is 43.5 Å². The largest absolute Gasteiger partial charge is 0.336 e. The van der Waals surface area contributed by atoms with Gasteiger partial charge >= 0.3 is 0 Å². The van der Waals surface area contributed by atoms with E-state index in [2.05, 4.69) is 16.3 Å². The summed E-state index contributed by atoms with van der Waals surface area (Å²) < 4.78 is 0. The van der Waals surface area contributed by atoms with E-state index in [1.54, 1.807) is 0 Å². The molecule has 0 saturated carbocycles. The molecular formula is C25H32N4O2. The lowest BCUT2D eigenvalue weighted by Crippen LogP contribution is -2.50. The van der Waals surface area contributed by atoms with Crippen LogP contribution < -0.4 is 11.1 Å². The summed E-state index contributed by atoms with van der Waals surface area (Å²) in [6.45, 7) is 6.97. The Morgan fingerprint density at radius 1 is 1.06 bits per heavy atom. The molecular weight excluding hydrogens is 388 g/mol. The highest BCUT2D eigenvalue weighted by molar-refractivity contribution is 5.95. The molecule has 6 nitrogen and oxygen atoms in total. The Morgan fingerprint density at radius 2 is 1.77 bits per heavy atom. The number of rotatable bonds is 4. The van der Waals surface area contributed by atoms with E-state index in [9.17, 15) is 9.59 Å². The van der Waals surface area contributed by atoms with Crippen LogP contribution in [0.2, 0.25) is 0 Å². The number of benzene rings is 2. The molecule has 1 heterocycles. The summed E-state index contributed by atoms with van der Waals surface area (Å²) >= 11 is 0. The fourth-order valence-electron chi connectivity index (χ4n) is 4.65. The lowest BCUT2D eigenvalue weighted by atomic mass is 9.87. The molecule has 1 aliphatic carbocycles. The minimum atomic E-state index is -0.0131. The summed E-state index contributed by atoms with van der Waals surface area (Å²) in [4.78, 5) is 29.6. The third kappa shape index (κ3) is 4.81. The van der Waals surface area contributed by atoms with E-state index >= 15 is 0 Å². The van der Waals surface area contributed by atoms with Crippen LogP contribution in [-0.2, 0) is 11.2 Å². The van der Waals surface area contributed by atoms with Crippen molar-refractivity contribution in [2.24, 2.45) is 5.73 Å². The first-order chi connectivity index (χ1) is 14.9. The van der Waals surface area contributed by atoms with E-state index in [1.165, 1.54) is 5.56 Å². The summed E-state index contributed by atoms with van der Waals surface area (Å²) in [6.07, 6.45) is 3.13. The van der Waals surface area contributed by atoms with Crippen molar-refractivity contribution in [2.45, 2.75) is 39.2 Å². The van der Waals surface area contributed by atoms with E-state index < -0.39 is 0 Å². The second kappa shape index (κ2) is 9.20. The molecule has 0 radical (unpaired) electrons. The van der Waals surface area contributed by atoms with Gasteiger partial charge in [-0.25, -0.2) is 0 Å². The zero-order chi connectivity index (χ0) is 22.0. The second-order valence-electron chi connectivity index (χ2n) is 8.80. The quantitative estimate of drug-likeness (QED) is 0.797. The molecule has 3 N–H and O–H groups in total. The lowest BCUT2D eigenvalue weighted by molar-refractivity contribution is -0.117. The van der Waals surface area contributed by atoms with Crippen LogP contribution in [0.1, 0.15) is 51.5 Å². The summed E-state index contributed by atoms with van der Waals surface area (Å²) in [5.74, 6) is 0.0426. The number of nitrogens with zero attached hydrogens (tertiary/aromatic N) is 2. The van der Waals surface area contributed by atoms with Crippen molar-refractivity contribution < 1.29 is 9.59 Å². The Bertz CT molecular complexity index is 959. The Balaban J connectivity index is 1.32. The second-order valence-corrected chi connectivity index (χ2v) is 8.80. The van der Waals surface area contributed by atoms with Crippen LogP contribution in [0.5, 0.6) is 0 Å². The molecule has 0 bridgehead atoms. The Kier molecular flexibility index (Phi) is 6.39. The molecule has 1 aliphatic heterocycles. The van der Waals surface area contributed by atoms with Crippen molar-refractivity contribution >= 4 is 17.5 Å². The standard InChI is InChI=1S/C25H32N4O2/c1-17-5-3-6-18(2)24(17)27-23(30)16-28-11-13-29(14-12-28)25(31)20-10-9-19-7-4-8-22(26)21(19)15-20/h3,5-6,9-10,15,22H,4,7-8,11-14,16,26H2,1-2H3,(H,27,30). The maximum absolute atomic E-state index is 13.0. The zero-order valence-corrected chi connectivity index (χ0v) is 18.5. The van der Waals surface area contributed by atoms with Crippen LogP contribution in [0.25, 0.3) is 0 Å². The van der Waals surface area contributed by atoms with Gasteiger partial charge in [-0.05, 0) is 67.5 Å². The predicted octanol–water partition coefficient (Wildman–Crippen LogP) is 3.04. The maximum atomic E-state index is 13.0. The van der Waals surface area contributed by atoms with Gasteiger partial charge in [0.25, 0.3) is 5.91 Å².